The van der Waals surface area contributed by atoms with E-state index in [1.165, 1.54) is 18.2 Å². The highest BCUT2D eigenvalue weighted by Crippen LogP contribution is 2.20. The Hall–Kier alpha value is -0.820. The smallest absolute Gasteiger partial charge is 0.261 e. The molecule has 0 fully saturated rings. The van der Waals surface area contributed by atoms with Gasteiger partial charge in [-0.3, -0.25) is 5.21 Å². The first-order valence-electron chi connectivity index (χ1n) is 3.12. The van der Waals surface area contributed by atoms with E-state index in [0.717, 1.165) is 6.07 Å². The lowest BCUT2D eigenvalue weighted by Crippen LogP contribution is -2.07. The second kappa shape index (κ2) is 3.51. The van der Waals surface area contributed by atoms with Gasteiger partial charge in [-0.05, 0) is 18.2 Å². The highest BCUT2D eigenvalue weighted by molar-refractivity contribution is 8.13. The average molecular weight is 223 g/mol. The van der Waals surface area contributed by atoms with E-state index in [-0.39, 0.29) is 10.6 Å². The van der Waals surface area contributed by atoms with Gasteiger partial charge in [0.2, 0.25) is 0 Å². The third-order valence-corrected chi connectivity index (χ3v) is 2.67. The fraction of sp³-hybridized carbons (Fsp3) is 0. The van der Waals surface area contributed by atoms with Crippen LogP contribution in [-0.4, -0.2) is 13.6 Å². The third-order valence-electron chi connectivity index (χ3n) is 1.32. The van der Waals surface area contributed by atoms with Gasteiger partial charge < -0.3 is 10.4 Å². The van der Waals surface area contributed by atoms with E-state index in [1.807, 2.05) is 0 Å². The number of hydrogen-bond acceptors (Lipinski definition) is 5. The highest BCUT2D eigenvalue weighted by atomic mass is 35.7. The molecule has 1 aromatic carbocycles. The summed E-state index contributed by atoms with van der Waals surface area (Å²) >= 11 is 0. The molecule has 13 heavy (non-hydrogen) atoms. The SMILES string of the molecule is O=S(=O)(Cl)c1cccc(N([O-])O)c1. The summed E-state index contributed by atoms with van der Waals surface area (Å²) in [5.41, 5.74) is -0.193. The lowest BCUT2D eigenvalue weighted by Gasteiger charge is -2.21. The molecule has 0 amide bonds. The van der Waals surface area contributed by atoms with Gasteiger partial charge in [-0.1, -0.05) is 6.07 Å². The minimum Gasteiger partial charge on any atom is -0.733 e. The Labute approximate surface area is 79.1 Å². The van der Waals surface area contributed by atoms with Crippen molar-refractivity contribution in [1.82, 2.24) is 0 Å². The maximum Gasteiger partial charge on any atom is 0.261 e. The normalized spacial score (nSPS) is 11.3. The zero-order chi connectivity index (χ0) is 10.1. The lowest BCUT2D eigenvalue weighted by atomic mass is 10.3. The number of halogens is 1. The van der Waals surface area contributed by atoms with Crippen LogP contribution in [0.5, 0.6) is 0 Å². The standard InChI is InChI=1S/C6H5ClNO4S/c7-13(11,12)6-3-1-2-5(4-6)8(9)10/h1-4,9H/q-1. The van der Waals surface area contributed by atoms with Crippen LogP contribution in [-0.2, 0) is 9.05 Å². The molecule has 1 aromatic rings. The molecule has 0 bridgehead atoms. The molecule has 0 heterocycles. The van der Waals surface area contributed by atoms with Crippen molar-refractivity contribution in [2.24, 2.45) is 0 Å². The molecule has 0 saturated carbocycles. The van der Waals surface area contributed by atoms with Crippen molar-refractivity contribution in [1.29, 1.82) is 0 Å². The minimum absolute atomic E-state index is 0.193. The number of benzene rings is 1. The van der Waals surface area contributed by atoms with Crippen molar-refractivity contribution in [2.45, 2.75) is 4.90 Å². The zero-order valence-electron chi connectivity index (χ0n) is 6.21. The second-order valence-electron chi connectivity index (χ2n) is 2.21. The van der Waals surface area contributed by atoms with E-state index in [0.29, 0.717) is 0 Å². The van der Waals surface area contributed by atoms with E-state index < -0.39 is 14.3 Å². The lowest BCUT2D eigenvalue weighted by molar-refractivity contribution is 0.296. The molecule has 1 rings (SSSR count). The van der Waals surface area contributed by atoms with Gasteiger partial charge in [-0.2, -0.15) is 0 Å². The molecule has 0 saturated heterocycles. The Morgan fingerprint density at radius 1 is 1.46 bits per heavy atom. The Bertz CT molecular complexity index is 403. The van der Waals surface area contributed by atoms with Crippen molar-refractivity contribution in [2.75, 3.05) is 5.23 Å². The summed E-state index contributed by atoms with van der Waals surface area (Å²) in [5.74, 6) is 0. The number of nitrogens with zero attached hydrogens (tertiary/aromatic N) is 1. The van der Waals surface area contributed by atoms with Crippen molar-refractivity contribution < 1.29 is 13.6 Å². The van der Waals surface area contributed by atoms with Crippen LogP contribution < -0.4 is 5.23 Å². The molecular formula is C6H5ClNO4S-. The minimum atomic E-state index is -3.86. The fourth-order valence-corrected chi connectivity index (χ4v) is 1.54. The summed E-state index contributed by atoms with van der Waals surface area (Å²) in [7, 11) is 1.14. The maximum atomic E-state index is 10.8. The van der Waals surface area contributed by atoms with Gasteiger partial charge >= 0.3 is 0 Å². The quantitative estimate of drug-likeness (QED) is 0.603. The van der Waals surface area contributed by atoms with Crippen LogP contribution in [0.4, 0.5) is 5.69 Å². The average Bonchev–Trinajstić information content (AvgIpc) is 2.03. The predicted molar refractivity (Wildman–Crippen MR) is 47.1 cm³/mol. The van der Waals surface area contributed by atoms with Crippen LogP contribution in [0.1, 0.15) is 0 Å². The molecule has 1 N–H and O–H groups in total. The van der Waals surface area contributed by atoms with Gasteiger partial charge in [0.1, 0.15) is 0 Å². The molecule has 0 aliphatic rings. The molecule has 0 radical (unpaired) electrons. The molecule has 7 heteroatoms. The Kier molecular flexibility index (Phi) is 2.77. The highest BCUT2D eigenvalue weighted by Gasteiger charge is 2.09. The monoisotopic (exact) mass is 222 g/mol. The topological polar surface area (TPSA) is 80.7 Å². The van der Waals surface area contributed by atoms with Crippen LogP contribution in [0, 0.1) is 5.21 Å². The van der Waals surface area contributed by atoms with Crippen LogP contribution in [0.15, 0.2) is 29.2 Å². The summed E-state index contributed by atoms with van der Waals surface area (Å²) in [4.78, 5) is -0.235. The molecule has 5 nitrogen and oxygen atoms in total. The zero-order valence-corrected chi connectivity index (χ0v) is 7.79. The number of hydrogen-bond donors (Lipinski definition) is 1. The van der Waals surface area contributed by atoms with Crippen molar-refractivity contribution in [3.05, 3.63) is 29.5 Å². The van der Waals surface area contributed by atoms with E-state index in [2.05, 4.69) is 0 Å². The summed E-state index contributed by atoms with van der Waals surface area (Å²) in [5, 5.41) is 18.4. The van der Waals surface area contributed by atoms with E-state index in [4.69, 9.17) is 15.9 Å². The molecule has 0 aromatic heterocycles. The first kappa shape index (κ1) is 10.3. The van der Waals surface area contributed by atoms with Crippen molar-refractivity contribution in [3.8, 4) is 0 Å². The van der Waals surface area contributed by atoms with Crippen LogP contribution in [0.2, 0.25) is 0 Å². The van der Waals surface area contributed by atoms with E-state index >= 15 is 0 Å². The summed E-state index contributed by atoms with van der Waals surface area (Å²) in [6.45, 7) is 0. The molecule has 0 atom stereocenters. The van der Waals surface area contributed by atoms with Crippen molar-refractivity contribution >= 4 is 25.4 Å². The van der Waals surface area contributed by atoms with Gasteiger partial charge in [0.05, 0.1) is 10.6 Å². The van der Waals surface area contributed by atoms with Crippen molar-refractivity contribution in [3.63, 3.8) is 0 Å². The summed E-state index contributed by atoms with van der Waals surface area (Å²) in [6.07, 6.45) is 0. The van der Waals surface area contributed by atoms with Gasteiger partial charge in [0.15, 0.2) is 0 Å². The van der Waals surface area contributed by atoms with Gasteiger partial charge in [-0.15, -0.1) is 0 Å². The predicted octanol–water partition coefficient (Wildman–Crippen LogP) is 1.31. The van der Waals surface area contributed by atoms with Crippen LogP contribution in [0.25, 0.3) is 0 Å². The molecule has 0 spiro atoms. The summed E-state index contributed by atoms with van der Waals surface area (Å²) in [6, 6.07) is 4.73. The number of rotatable bonds is 2. The van der Waals surface area contributed by atoms with Crippen LogP contribution >= 0.6 is 10.7 Å². The molecular weight excluding hydrogens is 218 g/mol. The summed E-state index contributed by atoms with van der Waals surface area (Å²) < 4.78 is 21.5. The first-order chi connectivity index (χ1) is 5.91. The van der Waals surface area contributed by atoms with Gasteiger partial charge in [-0.25, -0.2) is 8.42 Å². The maximum absolute atomic E-state index is 10.8. The Morgan fingerprint density at radius 2 is 2.08 bits per heavy atom. The van der Waals surface area contributed by atoms with Crippen LogP contribution in [0.3, 0.4) is 0 Å². The Morgan fingerprint density at radius 3 is 2.54 bits per heavy atom. The third kappa shape index (κ3) is 2.56. The van der Waals surface area contributed by atoms with Gasteiger partial charge in [0.25, 0.3) is 9.05 Å². The Balaban J connectivity index is 3.21. The van der Waals surface area contributed by atoms with Gasteiger partial charge in [0, 0.05) is 10.7 Å². The first-order valence-corrected chi connectivity index (χ1v) is 5.43. The molecule has 0 unspecified atom stereocenters. The van der Waals surface area contributed by atoms with E-state index in [9.17, 15) is 13.6 Å². The fourth-order valence-electron chi connectivity index (χ4n) is 0.754. The largest absolute Gasteiger partial charge is 0.733 e. The molecule has 72 valence electrons. The number of anilines is 1. The second-order valence-corrected chi connectivity index (χ2v) is 4.77. The molecule has 0 aliphatic heterocycles. The van der Waals surface area contributed by atoms with E-state index in [1.54, 1.807) is 0 Å². The molecule has 0 aliphatic carbocycles.